The van der Waals surface area contributed by atoms with Crippen molar-refractivity contribution in [3.05, 3.63) is 0 Å². The lowest BCUT2D eigenvalue weighted by Crippen LogP contribution is -2.52. The zero-order valence-corrected chi connectivity index (χ0v) is 14.3. The van der Waals surface area contributed by atoms with Gasteiger partial charge in [0.25, 0.3) is 0 Å². The van der Waals surface area contributed by atoms with E-state index in [4.69, 9.17) is 5.11 Å². The molecular weight excluding hydrogens is 294 g/mol. The lowest BCUT2D eigenvalue weighted by Gasteiger charge is -2.37. The average Bonchev–Trinajstić information content (AvgIpc) is 2.55. The first-order chi connectivity index (χ1) is 11.0. The van der Waals surface area contributed by atoms with Gasteiger partial charge in [-0.2, -0.15) is 0 Å². The van der Waals surface area contributed by atoms with E-state index in [1.807, 2.05) is 0 Å². The maximum absolute atomic E-state index is 12.8. The van der Waals surface area contributed by atoms with Crippen LogP contribution >= 0.6 is 0 Å². The molecule has 1 aliphatic carbocycles. The predicted octanol–water partition coefficient (Wildman–Crippen LogP) is 2.81. The van der Waals surface area contributed by atoms with Crippen LogP contribution in [0, 0.1) is 11.8 Å². The fourth-order valence-corrected chi connectivity index (χ4v) is 4.08. The minimum atomic E-state index is -1.65. The van der Waals surface area contributed by atoms with Crippen LogP contribution in [0.2, 0.25) is 0 Å². The number of amides is 1. The van der Waals surface area contributed by atoms with Gasteiger partial charge in [-0.25, -0.2) is 4.79 Å². The Morgan fingerprint density at radius 2 is 1.78 bits per heavy atom. The topological polar surface area (TPSA) is 77.8 Å². The van der Waals surface area contributed by atoms with Crippen LogP contribution in [0.4, 0.5) is 0 Å². The van der Waals surface area contributed by atoms with Crippen LogP contribution in [-0.4, -0.2) is 45.7 Å². The molecule has 1 aliphatic heterocycles. The zero-order valence-electron chi connectivity index (χ0n) is 14.3. The third kappa shape index (κ3) is 4.69. The Hall–Kier alpha value is -1.10. The maximum atomic E-state index is 12.8. The number of rotatable bonds is 6. The summed E-state index contributed by atoms with van der Waals surface area (Å²) in [5.74, 6) is -0.258. The highest BCUT2D eigenvalue weighted by Crippen LogP contribution is 2.32. The SMILES string of the molecule is CCCC(CC1CCCCC1)C(=O)N1CCC(O)(C(=O)O)CC1. The summed E-state index contributed by atoms with van der Waals surface area (Å²) in [6.45, 7) is 2.82. The molecule has 0 bridgehead atoms. The van der Waals surface area contributed by atoms with Crippen LogP contribution in [0.1, 0.15) is 71.1 Å². The third-order valence-corrected chi connectivity index (χ3v) is 5.63. The molecule has 2 rings (SSSR count). The maximum Gasteiger partial charge on any atom is 0.335 e. The Kier molecular flexibility index (Phi) is 6.45. The third-order valence-electron chi connectivity index (χ3n) is 5.63. The zero-order chi connectivity index (χ0) is 16.9. The van der Waals surface area contributed by atoms with E-state index in [9.17, 15) is 14.7 Å². The summed E-state index contributed by atoms with van der Waals surface area (Å²) in [6.07, 6.45) is 9.53. The Balaban J connectivity index is 1.91. The number of carbonyl (C=O) groups excluding carboxylic acids is 1. The summed E-state index contributed by atoms with van der Waals surface area (Å²) in [5, 5.41) is 19.1. The number of carboxylic acid groups (broad SMARTS) is 1. The van der Waals surface area contributed by atoms with Crippen LogP contribution < -0.4 is 0 Å². The summed E-state index contributed by atoms with van der Waals surface area (Å²) in [4.78, 5) is 25.7. The Labute approximate surface area is 139 Å². The first kappa shape index (κ1) is 18.2. The van der Waals surface area contributed by atoms with Gasteiger partial charge in [-0.05, 0) is 18.8 Å². The van der Waals surface area contributed by atoms with Gasteiger partial charge in [0.2, 0.25) is 5.91 Å². The number of aliphatic carboxylic acids is 1. The van der Waals surface area contributed by atoms with Gasteiger partial charge in [-0.1, -0.05) is 45.4 Å². The largest absolute Gasteiger partial charge is 0.479 e. The first-order valence-electron chi connectivity index (χ1n) is 9.21. The predicted molar refractivity (Wildman–Crippen MR) is 88.0 cm³/mol. The molecule has 1 saturated carbocycles. The van der Waals surface area contributed by atoms with Gasteiger partial charge in [0.05, 0.1) is 0 Å². The summed E-state index contributed by atoms with van der Waals surface area (Å²) in [6, 6.07) is 0. The average molecular weight is 325 g/mol. The van der Waals surface area contributed by atoms with Crippen LogP contribution in [0.25, 0.3) is 0 Å². The van der Waals surface area contributed by atoms with E-state index in [1.165, 1.54) is 32.1 Å². The van der Waals surface area contributed by atoms with Gasteiger partial charge in [-0.3, -0.25) is 4.79 Å². The lowest BCUT2D eigenvalue weighted by atomic mass is 9.80. The van der Waals surface area contributed by atoms with Gasteiger partial charge in [0.15, 0.2) is 5.60 Å². The van der Waals surface area contributed by atoms with Crippen molar-refractivity contribution in [3.8, 4) is 0 Å². The van der Waals surface area contributed by atoms with Crippen LogP contribution in [0.5, 0.6) is 0 Å². The van der Waals surface area contributed by atoms with E-state index in [-0.39, 0.29) is 24.7 Å². The highest BCUT2D eigenvalue weighted by atomic mass is 16.4. The van der Waals surface area contributed by atoms with E-state index in [2.05, 4.69) is 6.92 Å². The first-order valence-corrected chi connectivity index (χ1v) is 9.21. The quantitative estimate of drug-likeness (QED) is 0.787. The second-order valence-electron chi connectivity index (χ2n) is 7.39. The van der Waals surface area contributed by atoms with Crippen molar-refractivity contribution in [1.29, 1.82) is 0 Å². The highest BCUT2D eigenvalue weighted by Gasteiger charge is 2.41. The molecule has 1 heterocycles. The minimum Gasteiger partial charge on any atom is -0.479 e. The van der Waals surface area contributed by atoms with Gasteiger partial charge < -0.3 is 15.1 Å². The second kappa shape index (κ2) is 8.13. The van der Waals surface area contributed by atoms with E-state index >= 15 is 0 Å². The smallest absolute Gasteiger partial charge is 0.335 e. The number of carboxylic acids is 1. The van der Waals surface area contributed by atoms with Crippen molar-refractivity contribution < 1.29 is 19.8 Å². The number of nitrogens with zero attached hydrogens (tertiary/aromatic N) is 1. The lowest BCUT2D eigenvalue weighted by molar-refractivity contribution is -0.166. The van der Waals surface area contributed by atoms with Crippen LogP contribution in [-0.2, 0) is 9.59 Å². The number of piperidine rings is 1. The van der Waals surface area contributed by atoms with Crippen LogP contribution in [0.15, 0.2) is 0 Å². The molecule has 5 heteroatoms. The standard InChI is InChI=1S/C18H31NO4/c1-2-6-15(13-14-7-4-3-5-8-14)16(20)19-11-9-18(23,10-12-19)17(21)22/h14-15,23H,2-13H2,1H3,(H,21,22). The molecule has 1 atom stereocenters. The summed E-state index contributed by atoms with van der Waals surface area (Å²) in [7, 11) is 0. The van der Waals surface area contributed by atoms with Crippen LogP contribution in [0.3, 0.4) is 0 Å². The molecular formula is C18H31NO4. The molecule has 5 nitrogen and oxygen atoms in total. The molecule has 1 saturated heterocycles. The number of hydrogen-bond acceptors (Lipinski definition) is 3. The van der Waals surface area contributed by atoms with Gasteiger partial charge in [0, 0.05) is 31.8 Å². The molecule has 2 N–H and O–H groups in total. The molecule has 0 spiro atoms. The van der Waals surface area contributed by atoms with E-state index in [0.717, 1.165) is 19.3 Å². The summed E-state index contributed by atoms with van der Waals surface area (Å²) in [5.41, 5.74) is -1.65. The number of hydrogen-bond donors (Lipinski definition) is 2. The van der Waals surface area contributed by atoms with Gasteiger partial charge in [-0.15, -0.1) is 0 Å². The monoisotopic (exact) mass is 325 g/mol. The number of aliphatic hydroxyl groups is 1. The van der Waals surface area contributed by atoms with Crippen molar-refractivity contribution in [2.24, 2.45) is 11.8 Å². The molecule has 2 aliphatic rings. The van der Waals surface area contributed by atoms with Crippen molar-refractivity contribution >= 4 is 11.9 Å². The normalized spacial score (nSPS) is 23.5. The Morgan fingerprint density at radius 1 is 1.17 bits per heavy atom. The van der Waals surface area contributed by atoms with Crippen molar-refractivity contribution in [2.75, 3.05) is 13.1 Å². The molecule has 2 fully saturated rings. The molecule has 132 valence electrons. The summed E-state index contributed by atoms with van der Waals surface area (Å²) < 4.78 is 0. The fourth-order valence-electron chi connectivity index (χ4n) is 4.08. The molecule has 0 radical (unpaired) electrons. The second-order valence-corrected chi connectivity index (χ2v) is 7.39. The molecule has 23 heavy (non-hydrogen) atoms. The van der Waals surface area contributed by atoms with Crippen molar-refractivity contribution in [3.63, 3.8) is 0 Å². The summed E-state index contributed by atoms with van der Waals surface area (Å²) >= 11 is 0. The van der Waals surface area contributed by atoms with Crippen molar-refractivity contribution in [1.82, 2.24) is 4.90 Å². The molecule has 0 aromatic rings. The molecule has 0 aromatic carbocycles. The highest BCUT2D eigenvalue weighted by molar-refractivity contribution is 5.81. The van der Waals surface area contributed by atoms with E-state index in [0.29, 0.717) is 19.0 Å². The minimum absolute atomic E-state index is 0.0686. The van der Waals surface area contributed by atoms with Crippen molar-refractivity contribution in [2.45, 2.75) is 76.7 Å². The number of likely N-dealkylation sites (tertiary alicyclic amines) is 1. The van der Waals surface area contributed by atoms with Gasteiger partial charge >= 0.3 is 5.97 Å². The van der Waals surface area contributed by atoms with Gasteiger partial charge in [0.1, 0.15) is 0 Å². The van der Waals surface area contributed by atoms with E-state index in [1.54, 1.807) is 4.90 Å². The molecule has 1 amide bonds. The van der Waals surface area contributed by atoms with E-state index < -0.39 is 11.6 Å². The molecule has 0 aromatic heterocycles. The Morgan fingerprint density at radius 3 is 2.30 bits per heavy atom. The fraction of sp³-hybridized carbons (Fsp3) is 0.889. The molecule has 1 unspecified atom stereocenters. The Bertz CT molecular complexity index is 409. The number of carbonyl (C=O) groups is 2.